The third kappa shape index (κ3) is 2.87. The normalized spacial score (nSPS) is 26.5. The van der Waals surface area contributed by atoms with Gasteiger partial charge in [0.25, 0.3) is 0 Å². The van der Waals surface area contributed by atoms with Gasteiger partial charge in [-0.25, -0.2) is 0 Å². The molecule has 4 atom stereocenters. The lowest BCUT2D eigenvalue weighted by atomic mass is 9.85. The van der Waals surface area contributed by atoms with Gasteiger partial charge in [0.15, 0.2) is 5.78 Å². The van der Waals surface area contributed by atoms with E-state index < -0.39 is 17.9 Å². The second-order valence-corrected chi connectivity index (χ2v) is 8.67. The van der Waals surface area contributed by atoms with E-state index in [1.54, 1.807) is 12.1 Å². The summed E-state index contributed by atoms with van der Waals surface area (Å²) in [6.45, 7) is 4.51. The van der Waals surface area contributed by atoms with Crippen molar-refractivity contribution in [2.75, 3.05) is 11.4 Å². The van der Waals surface area contributed by atoms with E-state index in [0.29, 0.717) is 12.1 Å². The number of rotatable bonds is 5. The highest BCUT2D eigenvalue weighted by Gasteiger charge is 2.64. The van der Waals surface area contributed by atoms with Gasteiger partial charge < -0.3 is 4.90 Å². The number of hydrogen-bond donors (Lipinski definition) is 0. The van der Waals surface area contributed by atoms with Crippen molar-refractivity contribution in [1.29, 1.82) is 0 Å². The summed E-state index contributed by atoms with van der Waals surface area (Å²) in [5.74, 6) is -1.61. The molecule has 0 unspecified atom stereocenters. The van der Waals surface area contributed by atoms with E-state index in [9.17, 15) is 14.4 Å². The smallest absolute Gasteiger partial charge is 0.235 e. The van der Waals surface area contributed by atoms with Crippen LogP contribution in [0.2, 0.25) is 0 Å². The molecule has 3 heterocycles. The molecule has 2 aromatic carbocycles. The van der Waals surface area contributed by atoms with Crippen molar-refractivity contribution < 1.29 is 14.4 Å². The van der Waals surface area contributed by atoms with Crippen molar-refractivity contribution in [2.24, 2.45) is 11.8 Å². The molecule has 0 aromatic heterocycles. The van der Waals surface area contributed by atoms with Gasteiger partial charge in [-0.2, -0.15) is 0 Å². The summed E-state index contributed by atoms with van der Waals surface area (Å²) in [6.07, 6.45) is 3.76. The van der Waals surface area contributed by atoms with Crippen LogP contribution in [0, 0.1) is 11.8 Å². The molecule has 31 heavy (non-hydrogen) atoms. The van der Waals surface area contributed by atoms with Crippen LogP contribution in [-0.4, -0.2) is 41.1 Å². The average molecular weight is 415 g/mol. The Bertz CT molecular complexity index is 1090. The second kappa shape index (κ2) is 7.49. The number of para-hydroxylation sites is 1. The first-order valence-corrected chi connectivity index (χ1v) is 11.0. The highest BCUT2D eigenvalue weighted by molar-refractivity contribution is 6.14. The van der Waals surface area contributed by atoms with Crippen LogP contribution >= 0.6 is 0 Å². The molecule has 2 amide bonds. The van der Waals surface area contributed by atoms with Crippen molar-refractivity contribution >= 4 is 28.9 Å². The van der Waals surface area contributed by atoms with Gasteiger partial charge >= 0.3 is 0 Å². The van der Waals surface area contributed by atoms with E-state index >= 15 is 0 Å². The monoisotopic (exact) mass is 414 g/mol. The molecule has 158 valence electrons. The predicted molar refractivity (Wildman–Crippen MR) is 120 cm³/mol. The van der Waals surface area contributed by atoms with E-state index in [1.165, 1.54) is 4.90 Å². The van der Waals surface area contributed by atoms with Crippen LogP contribution in [0.15, 0.2) is 60.7 Å². The molecular weight excluding hydrogens is 388 g/mol. The number of fused-ring (bicyclic) bond motifs is 5. The SMILES string of the molecule is CCCCN1C(=O)[C@H]2[C@H](C1=O)[C@H](C(=O)c1ccccc1)N1c3ccccc3C(C)=C[C@H]21. The lowest BCUT2D eigenvalue weighted by Crippen LogP contribution is -2.49. The number of carbonyl (C=O) groups is 3. The van der Waals surface area contributed by atoms with Crippen molar-refractivity contribution in [1.82, 2.24) is 4.90 Å². The molecule has 3 aliphatic heterocycles. The van der Waals surface area contributed by atoms with Crippen LogP contribution in [0.5, 0.6) is 0 Å². The summed E-state index contributed by atoms with van der Waals surface area (Å²) in [6, 6.07) is 16.1. The van der Waals surface area contributed by atoms with Gasteiger partial charge in [-0.3, -0.25) is 19.3 Å². The number of hydrogen-bond acceptors (Lipinski definition) is 4. The van der Waals surface area contributed by atoms with Crippen molar-refractivity contribution in [3.63, 3.8) is 0 Å². The summed E-state index contributed by atoms with van der Waals surface area (Å²) in [4.78, 5) is 44.1. The molecule has 5 nitrogen and oxygen atoms in total. The third-order valence-corrected chi connectivity index (χ3v) is 6.91. The molecule has 3 aliphatic rings. The number of ketones is 1. The van der Waals surface area contributed by atoms with Gasteiger partial charge in [-0.1, -0.05) is 68.0 Å². The van der Waals surface area contributed by atoms with Crippen LogP contribution in [0.25, 0.3) is 5.57 Å². The highest BCUT2D eigenvalue weighted by atomic mass is 16.2. The molecule has 5 heteroatoms. The van der Waals surface area contributed by atoms with Crippen molar-refractivity contribution in [3.05, 3.63) is 71.8 Å². The largest absolute Gasteiger partial charge is 0.352 e. The Hall–Kier alpha value is -3.21. The van der Waals surface area contributed by atoms with Crippen LogP contribution < -0.4 is 4.90 Å². The van der Waals surface area contributed by atoms with Crippen LogP contribution in [-0.2, 0) is 9.59 Å². The molecule has 0 N–H and O–H groups in total. The summed E-state index contributed by atoms with van der Waals surface area (Å²) in [5, 5.41) is 0. The number of imide groups is 1. The minimum atomic E-state index is -0.689. The summed E-state index contributed by atoms with van der Waals surface area (Å²) in [5.41, 5.74) is 3.63. The standard InChI is InChI=1S/C26H26N2O3/c1-3-4-14-27-25(30)21-20-15-16(2)18-12-8-9-13-19(18)28(20)23(22(21)26(27)31)24(29)17-10-6-5-7-11-17/h5-13,15,20-23H,3-4,14H2,1-2H3/t20-,21-,22+,23-/m1/s1. The molecule has 5 rings (SSSR count). The lowest BCUT2D eigenvalue weighted by molar-refractivity contribution is -0.140. The second-order valence-electron chi connectivity index (χ2n) is 8.67. The Morgan fingerprint density at radius 2 is 1.61 bits per heavy atom. The van der Waals surface area contributed by atoms with E-state index in [2.05, 4.69) is 6.08 Å². The first-order chi connectivity index (χ1) is 15.0. The molecule has 0 radical (unpaired) electrons. The summed E-state index contributed by atoms with van der Waals surface area (Å²) in [7, 11) is 0. The maximum Gasteiger partial charge on any atom is 0.235 e. The Morgan fingerprint density at radius 1 is 0.935 bits per heavy atom. The van der Waals surface area contributed by atoms with Gasteiger partial charge in [0.05, 0.1) is 17.9 Å². The Morgan fingerprint density at radius 3 is 2.35 bits per heavy atom. The number of carbonyl (C=O) groups excluding carboxylic acids is 3. The van der Waals surface area contributed by atoms with Gasteiger partial charge in [0.1, 0.15) is 6.04 Å². The van der Waals surface area contributed by atoms with E-state index in [1.807, 2.05) is 61.2 Å². The van der Waals surface area contributed by atoms with Crippen LogP contribution in [0.3, 0.4) is 0 Å². The number of likely N-dealkylation sites (tertiary alicyclic amines) is 1. The van der Waals surface area contributed by atoms with Crippen molar-refractivity contribution in [2.45, 2.75) is 38.8 Å². The number of allylic oxidation sites excluding steroid dienone is 1. The zero-order valence-corrected chi connectivity index (χ0v) is 17.8. The fourth-order valence-corrected chi connectivity index (χ4v) is 5.47. The van der Waals surface area contributed by atoms with Gasteiger partial charge in [0.2, 0.25) is 11.8 Å². The molecule has 2 saturated heterocycles. The minimum Gasteiger partial charge on any atom is -0.352 e. The lowest BCUT2D eigenvalue weighted by Gasteiger charge is -2.38. The summed E-state index contributed by atoms with van der Waals surface area (Å²) < 4.78 is 0. The fourth-order valence-electron chi connectivity index (χ4n) is 5.47. The van der Waals surface area contributed by atoms with E-state index in [4.69, 9.17) is 0 Å². The van der Waals surface area contributed by atoms with Crippen LogP contribution in [0.4, 0.5) is 5.69 Å². The molecule has 2 fully saturated rings. The van der Waals surface area contributed by atoms with Crippen molar-refractivity contribution in [3.8, 4) is 0 Å². The Kier molecular flexibility index (Phi) is 4.77. The molecule has 2 aromatic rings. The topological polar surface area (TPSA) is 57.7 Å². The number of amides is 2. The molecule has 0 bridgehead atoms. The summed E-state index contributed by atoms with van der Waals surface area (Å²) >= 11 is 0. The highest BCUT2D eigenvalue weighted by Crippen LogP contribution is 2.50. The third-order valence-electron chi connectivity index (χ3n) is 6.91. The number of benzene rings is 2. The number of Topliss-reactive ketones (excluding diaryl/α,β-unsaturated/α-hetero) is 1. The maximum atomic E-state index is 13.8. The first-order valence-electron chi connectivity index (χ1n) is 11.0. The first kappa shape index (κ1) is 19.7. The maximum absolute atomic E-state index is 13.8. The molecular formula is C26H26N2O3. The van der Waals surface area contributed by atoms with Gasteiger partial charge in [-0.05, 0) is 25.0 Å². The zero-order valence-electron chi connectivity index (χ0n) is 17.8. The van der Waals surface area contributed by atoms with Gasteiger partial charge in [-0.15, -0.1) is 0 Å². The predicted octanol–water partition coefficient (Wildman–Crippen LogP) is 3.94. The average Bonchev–Trinajstić information content (AvgIpc) is 3.25. The number of unbranched alkanes of at least 4 members (excludes halogenated alkanes) is 1. The van der Waals surface area contributed by atoms with E-state index in [0.717, 1.165) is 29.7 Å². The Labute approximate surface area is 182 Å². The number of nitrogens with zero attached hydrogens (tertiary/aromatic N) is 2. The zero-order chi connectivity index (χ0) is 21.7. The quantitative estimate of drug-likeness (QED) is 0.549. The van der Waals surface area contributed by atoms with Crippen LogP contribution in [0.1, 0.15) is 42.6 Å². The fraction of sp³-hybridized carbons (Fsp3) is 0.346. The number of anilines is 1. The minimum absolute atomic E-state index is 0.0978. The molecule has 0 aliphatic carbocycles. The Balaban J connectivity index is 1.65. The molecule has 0 spiro atoms. The van der Waals surface area contributed by atoms with Gasteiger partial charge in [0, 0.05) is 23.4 Å². The molecule has 0 saturated carbocycles. The van der Waals surface area contributed by atoms with E-state index in [-0.39, 0.29) is 23.6 Å².